The first-order chi connectivity index (χ1) is 8.83. The summed E-state index contributed by atoms with van der Waals surface area (Å²) in [6.45, 7) is 3.90. The molecule has 18 heavy (non-hydrogen) atoms. The lowest BCUT2D eigenvalue weighted by molar-refractivity contribution is -0.118. The number of para-hydroxylation sites is 2. The summed E-state index contributed by atoms with van der Waals surface area (Å²) in [6.07, 6.45) is 5.00. The van der Waals surface area contributed by atoms with Crippen LogP contribution >= 0.6 is 0 Å². The molecule has 1 aromatic rings. The zero-order valence-corrected chi connectivity index (χ0v) is 11.1. The second-order valence-corrected chi connectivity index (χ2v) is 4.80. The van der Waals surface area contributed by atoms with E-state index in [4.69, 9.17) is 0 Å². The van der Waals surface area contributed by atoms with Gasteiger partial charge in [-0.1, -0.05) is 31.9 Å². The van der Waals surface area contributed by atoms with E-state index in [-0.39, 0.29) is 5.91 Å². The lowest BCUT2D eigenvalue weighted by atomic mass is 10.1. The van der Waals surface area contributed by atoms with E-state index in [1.807, 2.05) is 23.1 Å². The minimum absolute atomic E-state index is 0.264. The van der Waals surface area contributed by atoms with Gasteiger partial charge >= 0.3 is 0 Å². The van der Waals surface area contributed by atoms with Crippen molar-refractivity contribution in [3.8, 4) is 0 Å². The van der Waals surface area contributed by atoms with Crippen LogP contribution in [0.4, 0.5) is 11.4 Å². The summed E-state index contributed by atoms with van der Waals surface area (Å²) in [7, 11) is 0. The average molecular weight is 246 g/mol. The molecule has 0 atom stereocenters. The summed E-state index contributed by atoms with van der Waals surface area (Å²) < 4.78 is 0. The summed E-state index contributed by atoms with van der Waals surface area (Å²) in [5.41, 5.74) is 2.13. The number of nitrogens with one attached hydrogen (secondary N) is 1. The predicted molar refractivity (Wildman–Crippen MR) is 76.0 cm³/mol. The molecule has 0 saturated heterocycles. The summed E-state index contributed by atoms with van der Waals surface area (Å²) >= 11 is 0. The topological polar surface area (TPSA) is 32.3 Å². The van der Waals surface area contributed by atoms with Crippen molar-refractivity contribution >= 4 is 17.3 Å². The third-order valence-corrected chi connectivity index (χ3v) is 3.36. The van der Waals surface area contributed by atoms with Crippen molar-refractivity contribution in [1.82, 2.24) is 0 Å². The van der Waals surface area contributed by atoms with Crippen LogP contribution in [0.25, 0.3) is 0 Å². The normalized spacial score (nSPS) is 15.6. The minimum atomic E-state index is 0.264. The van der Waals surface area contributed by atoms with Crippen molar-refractivity contribution < 1.29 is 4.79 Å². The van der Waals surface area contributed by atoms with E-state index >= 15 is 0 Å². The van der Waals surface area contributed by atoms with Crippen LogP contribution in [0, 0.1) is 0 Å². The summed E-state index contributed by atoms with van der Waals surface area (Å²) in [5.74, 6) is 0.264. The van der Waals surface area contributed by atoms with Gasteiger partial charge in [0.05, 0.1) is 11.4 Å². The molecule has 98 valence electrons. The molecule has 0 spiro atoms. The standard InChI is InChI=1S/C15H22N2O/c1-2-3-6-12-17-14-9-5-4-8-13(14)16-11-7-10-15(17)18/h4-5,8-9,16H,2-3,6-7,10-12H2,1H3. The molecule has 1 heterocycles. The second-order valence-electron chi connectivity index (χ2n) is 4.80. The molecule has 0 saturated carbocycles. The number of nitrogens with zero attached hydrogens (tertiary/aromatic N) is 1. The lowest BCUT2D eigenvalue weighted by Crippen LogP contribution is -2.34. The molecule has 3 nitrogen and oxygen atoms in total. The smallest absolute Gasteiger partial charge is 0.227 e. The Bertz CT molecular complexity index is 403. The number of fused-ring (bicyclic) bond motifs is 1. The molecule has 1 aliphatic heterocycles. The van der Waals surface area contributed by atoms with Crippen LogP contribution < -0.4 is 10.2 Å². The van der Waals surface area contributed by atoms with Crippen LogP contribution in [-0.2, 0) is 4.79 Å². The predicted octanol–water partition coefficient (Wildman–Crippen LogP) is 3.42. The van der Waals surface area contributed by atoms with Crippen LogP contribution in [0.1, 0.15) is 39.0 Å². The maximum absolute atomic E-state index is 12.2. The highest BCUT2D eigenvalue weighted by Crippen LogP contribution is 2.28. The van der Waals surface area contributed by atoms with Crippen LogP contribution in [0.15, 0.2) is 24.3 Å². The van der Waals surface area contributed by atoms with Crippen molar-refractivity contribution in [2.45, 2.75) is 39.0 Å². The van der Waals surface area contributed by atoms with E-state index in [0.717, 1.165) is 37.3 Å². The molecule has 1 aromatic carbocycles. The van der Waals surface area contributed by atoms with Gasteiger partial charge in [0.25, 0.3) is 0 Å². The fraction of sp³-hybridized carbons (Fsp3) is 0.533. The monoisotopic (exact) mass is 246 g/mol. The number of carbonyl (C=O) groups excluding carboxylic acids is 1. The number of anilines is 2. The van der Waals surface area contributed by atoms with Crippen molar-refractivity contribution in [1.29, 1.82) is 0 Å². The Balaban J connectivity index is 2.20. The molecule has 0 aliphatic carbocycles. The average Bonchev–Trinajstić information content (AvgIpc) is 2.38. The number of hydrogen-bond donors (Lipinski definition) is 1. The highest BCUT2D eigenvalue weighted by atomic mass is 16.2. The Kier molecular flexibility index (Phi) is 4.62. The number of amides is 1. The zero-order valence-electron chi connectivity index (χ0n) is 11.1. The van der Waals surface area contributed by atoms with E-state index in [2.05, 4.69) is 18.3 Å². The minimum Gasteiger partial charge on any atom is -0.383 e. The Hall–Kier alpha value is -1.51. The van der Waals surface area contributed by atoms with Gasteiger partial charge in [-0.3, -0.25) is 4.79 Å². The zero-order chi connectivity index (χ0) is 12.8. The molecule has 0 fully saturated rings. The quantitative estimate of drug-likeness (QED) is 0.826. The van der Waals surface area contributed by atoms with E-state index in [9.17, 15) is 4.79 Å². The van der Waals surface area contributed by atoms with Crippen molar-refractivity contribution in [3.05, 3.63) is 24.3 Å². The first-order valence-corrected chi connectivity index (χ1v) is 6.96. The molecule has 0 unspecified atom stereocenters. The number of hydrogen-bond acceptors (Lipinski definition) is 2. The first-order valence-electron chi connectivity index (χ1n) is 6.96. The van der Waals surface area contributed by atoms with Gasteiger partial charge in [-0.2, -0.15) is 0 Å². The molecule has 0 aromatic heterocycles. The SMILES string of the molecule is CCCCCN1C(=O)CCCNc2ccccc21. The summed E-state index contributed by atoms with van der Waals surface area (Å²) in [6, 6.07) is 8.11. The Labute approximate surface area is 109 Å². The molecule has 1 N–H and O–H groups in total. The number of benzene rings is 1. The molecule has 3 heteroatoms. The summed E-state index contributed by atoms with van der Waals surface area (Å²) in [5, 5.41) is 3.41. The molecule has 0 bridgehead atoms. The third-order valence-electron chi connectivity index (χ3n) is 3.36. The highest BCUT2D eigenvalue weighted by molar-refractivity contribution is 5.97. The van der Waals surface area contributed by atoms with Crippen molar-refractivity contribution in [2.75, 3.05) is 23.3 Å². The van der Waals surface area contributed by atoms with Gasteiger partial charge in [-0.05, 0) is 25.0 Å². The second kappa shape index (κ2) is 6.43. The third kappa shape index (κ3) is 3.03. The number of unbranched alkanes of at least 4 members (excludes halogenated alkanes) is 2. The van der Waals surface area contributed by atoms with E-state index < -0.39 is 0 Å². The highest BCUT2D eigenvalue weighted by Gasteiger charge is 2.19. The molecular formula is C15H22N2O. The van der Waals surface area contributed by atoms with Crippen LogP contribution in [0.2, 0.25) is 0 Å². The van der Waals surface area contributed by atoms with Gasteiger partial charge in [0.1, 0.15) is 0 Å². The van der Waals surface area contributed by atoms with Crippen LogP contribution in [-0.4, -0.2) is 19.0 Å². The largest absolute Gasteiger partial charge is 0.383 e. The van der Waals surface area contributed by atoms with E-state index in [0.29, 0.717) is 6.42 Å². The van der Waals surface area contributed by atoms with Gasteiger partial charge < -0.3 is 10.2 Å². The Morgan fingerprint density at radius 2 is 2.11 bits per heavy atom. The number of rotatable bonds is 4. The van der Waals surface area contributed by atoms with E-state index in [1.165, 1.54) is 12.8 Å². The molecule has 0 radical (unpaired) electrons. The van der Waals surface area contributed by atoms with Gasteiger partial charge in [-0.15, -0.1) is 0 Å². The maximum Gasteiger partial charge on any atom is 0.227 e. The van der Waals surface area contributed by atoms with E-state index in [1.54, 1.807) is 0 Å². The molecule has 1 amide bonds. The molecule has 1 aliphatic rings. The lowest BCUT2D eigenvalue weighted by Gasteiger charge is -2.28. The Morgan fingerprint density at radius 1 is 1.28 bits per heavy atom. The van der Waals surface area contributed by atoms with Crippen molar-refractivity contribution in [2.24, 2.45) is 0 Å². The van der Waals surface area contributed by atoms with Gasteiger partial charge in [0.15, 0.2) is 0 Å². The van der Waals surface area contributed by atoms with Crippen LogP contribution in [0.3, 0.4) is 0 Å². The van der Waals surface area contributed by atoms with Crippen molar-refractivity contribution in [3.63, 3.8) is 0 Å². The fourth-order valence-corrected chi connectivity index (χ4v) is 2.36. The van der Waals surface area contributed by atoms with Gasteiger partial charge in [-0.25, -0.2) is 0 Å². The van der Waals surface area contributed by atoms with Crippen LogP contribution in [0.5, 0.6) is 0 Å². The Morgan fingerprint density at radius 3 is 2.94 bits per heavy atom. The molecular weight excluding hydrogens is 224 g/mol. The van der Waals surface area contributed by atoms with Gasteiger partial charge in [0, 0.05) is 19.5 Å². The molecule has 2 rings (SSSR count). The van der Waals surface area contributed by atoms with Gasteiger partial charge in [0.2, 0.25) is 5.91 Å². The fourth-order valence-electron chi connectivity index (χ4n) is 2.36. The summed E-state index contributed by atoms with van der Waals surface area (Å²) in [4.78, 5) is 14.2. The maximum atomic E-state index is 12.2. The number of carbonyl (C=O) groups is 1. The first kappa shape index (κ1) is 12.9.